The minimum atomic E-state index is -0.750. The van der Waals surface area contributed by atoms with Crippen LogP contribution in [-0.4, -0.2) is 158 Å². The molecule has 6 unspecified atom stereocenters. The summed E-state index contributed by atoms with van der Waals surface area (Å²) in [7, 11) is 15.2. The number of hydrogen-bond acceptors (Lipinski definition) is 15. The molecule has 0 aromatic rings. The molecule has 24 heteroatoms. The fourth-order valence-corrected chi connectivity index (χ4v) is 6.35. The molecule has 0 aromatic carbocycles. The normalized spacial score (nSPS) is 20.2. The van der Waals surface area contributed by atoms with Gasteiger partial charge in [-0.2, -0.15) is 0 Å². The van der Waals surface area contributed by atoms with Crippen LogP contribution < -0.4 is 32.1 Å². The highest BCUT2D eigenvalue weighted by molar-refractivity contribution is 8.00. The third kappa shape index (κ3) is 24.7. The molecule has 0 saturated carbocycles. The van der Waals surface area contributed by atoms with Gasteiger partial charge in [-0.1, -0.05) is 18.2 Å². The van der Waals surface area contributed by atoms with Crippen LogP contribution in [0.25, 0.3) is 0 Å². The van der Waals surface area contributed by atoms with Gasteiger partial charge in [-0.15, -0.1) is 11.8 Å². The van der Waals surface area contributed by atoms with Crippen LogP contribution in [0.1, 0.15) is 46.5 Å². The maximum absolute atomic E-state index is 11.7. The Morgan fingerprint density at radius 2 is 1.15 bits per heavy atom. The van der Waals surface area contributed by atoms with Crippen molar-refractivity contribution in [2.45, 2.75) is 75.9 Å². The largest absolute Gasteiger partial charge is 0.463 e. The predicted octanol–water partition coefficient (Wildman–Crippen LogP) is -0.958. The molecule has 60 heavy (non-hydrogen) atoms. The summed E-state index contributed by atoms with van der Waals surface area (Å²) >= 11 is 1.52. The van der Waals surface area contributed by atoms with Crippen LogP contribution in [0.4, 0.5) is 14.4 Å². The molecule has 3 aliphatic rings. The first-order valence-electron chi connectivity index (χ1n) is 19.0. The van der Waals surface area contributed by atoms with Crippen LogP contribution in [-0.2, 0) is 52.6 Å². The number of amides is 6. The Hall–Kier alpha value is -5.09. The molecule has 324 valence electrons. The molecule has 6 amide bonds. The zero-order valence-electron chi connectivity index (χ0n) is 33.8. The minimum Gasteiger partial charge on any atom is -0.463 e. The number of morpholine rings is 1. The van der Waals surface area contributed by atoms with Gasteiger partial charge in [-0.05, 0) is 40.0 Å². The maximum atomic E-state index is 11.7. The number of esters is 3. The van der Waals surface area contributed by atoms with E-state index in [1.807, 2.05) is 0 Å². The Balaban J connectivity index is 0.000000450. The predicted molar refractivity (Wildman–Crippen MR) is 220 cm³/mol. The van der Waals surface area contributed by atoms with Crippen molar-refractivity contribution in [2.75, 3.05) is 51.9 Å². The van der Waals surface area contributed by atoms with Crippen molar-refractivity contribution < 1.29 is 66.9 Å². The molecule has 3 heterocycles. The molecule has 6 radical (unpaired) electrons. The van der Waals surface area contributed by atoms with Crippen molar-refractivity contribution in [3.63, 3.8) is 0 Å². The molecule has 0 aromatic heterocycles. The molecule has 6 atom stereocenters. The van der Waals surface area contributed by atoms with E-state index in [0.717, 1.165) is 5.75 Å². The van der Waals surface area contributed by atoms with Gasteiger partial charge in [-0.3, -0.25) is 33.6 Å². The zero-order valence-corrected chi connectivity index (χ0v) is 34.6. The molecule has 3 saturated heterocycles. The molecule has 0 spiro atoms. The number of ether oxygens (including phenoxy) is 4. The molecule has 3 aliphatic heterocycles. The van der Waals surface area contributed by atoms with Crippen LogP contribution in [0.2, 0.25) is 0 Å². The van der Waals surface area contributed by atoms with Crippen LogP contribution >= 0.6 is 11.8 Å². The van der Waals surface area contributed by atoms with E-state index < -0.39 is 59.6 Å². The van der Waals surface area contributed by atoms with Crippen molar-refractivity contribution >= 4 is 88.3 Å². The smallest absolute Gasteiger partial charge is 0.330 e. The van der Waals surface area contributed by atoms with Crippen molar-refractivity contribution in [3.05, 3.63) is 36.5 Å². The molecular weight excluding hydrogens is 805 g/mol. The summed E-state index contributed by atoms with van der Waals surface area (Å²) in [6, 6.07) is -1.60. The fraction of sp³-hybridized carbons (Fsp3) is 0.583. The van der Waals surface area contributed by atoms with Gasteiger partial charge in [0.05, 0.1) is 38.3 Å². The second kappa shape index (κ2) is 30.9. The van der Waals surface area contributed by atoms with Gasteiger partial charge in [-0.25, -0.2) is 19.9 Å². The summed E-state index contributed by atoms with van der Waals surface area (Å²) in [6.45, 7) is 7.79. The molecule has 20 nitrogen and oxygen atoms in total. The molecule has 6 N–H and O–H groups in total. The topological polar surface area (TPSA) is 272 Å². The molecule has 3 fully saturated rings. The molecule has 0 bridgehead atoms. The fourth-order valence-electron chi connectivity index (χ4n) is 5.27. The van der Waals surface area contributed by atoms with E-state index in [0.29, 0.717) is 45.6 Å². The third-order valence-electron chi connectivity index (χ3n) is 7.85. The quantitative estimate of drug-likeness (QED) is 0.0420. The van der Waals surface area contributed by atoms with Gasteiger partial charge < -0.3 is 45.5 Å². The summed E-state index contributed by atoms with van der Waals surface area (Å²) < 4.78 is 19.5. The molecule has 0 aliphatic carbocycles. The second-order valence-corrected chi connectivity index (χ2v) is 13.8. The van der Waals surface area contributed by atoms with Crippen molar-refractivity contribution in [3.8, 4) is 0 Å². The SMILES string of the molecule is [B]C(=O)NC(C=CC(=O)OCC)CC1CCONC1=O.[B]C(=O)NC(C=CC(=O)OCC)CC1OCCNC1=O.[B]C(=O)NC(C=CC(=O)OCC)CC1SCCNC1=O. The van der Waals surface area contributed by atoms with Gasteiger partial charge in [0.2, 0.25) is 41.3 Å². The van der Waals surface area contributed by atoms with Crippen LogP contribution in [0.3, 0.4) is 0 Å². The Morgan fingerprint density at radius 3 is 1.58 bits per heavy atom. The van der Waals surface area contributed by atoms with Crippen LogP contribution in [0.15, 0.2) is 36.5 Å². The summed E-state index contributed by atoms with van der Waals surface area (Å²) in [6.07, 6.45) is 8.74. The van der Waals surface area contributed by atoms with E-state index in [1.54, 1.807) is 20.8 Å². The monoisotopic (exact) mass is 856 g/mol. The van der Waals surface area contributed by atoms with E-state index >= 15 is 0 Å². The van der Waals surface area contributed by atoms with Gasteiger partial charge in [0.15, 0.2) is 17.4 Å². The van der Waals surface area contributed by atoms with E-state index in [9.17, 15) is 43.2 Å². The Bertz CT molecular complexity index is 1380. The minimum absolute atomic E-state index is 0.0675. The molecular formula is C36H51B3N6O14S. The lowest BCUT2D eigenvalue weighted by Gasteiger charge is -2.25. The van der Waals surface area contributed by atoms with Gasteiger partial charge in [0.1, 0.15) is 6.10 Å². The van der Waals surface area contributed by atoms with Crippen molar-refractivity contribution in [1.82, 2.24) is 32.1 Å². The lowest BCUT2D eigenvalue weighted by Crippen LogP contribution is -2.47. The Morgan fingerprint density at radius 1 is 0.683 bits per heavy atom. The van der Waals surface area contributed by atoms with Crippen molar-refractivity contribution in [1.29, 1.82) is 0 Å². The van der Waals surface area contributed by atoms with E-state index in [2.05, 4.69) is 32.1 Å². The summed E-state index contributed by atoms with van der Waals surface area (Å²) in [5.41, 5.74) is 2.28. The summed E-state index contributed by atoms with van der Waals surface area (Å²) in [4.78, 5) is 106. The van der Waals surface area contributed by atoms with E-state index in [1.165, 1.54) is 48.2 Å². The molecule has 3 rings (SSSR count). The average molecular weight is 856 g/mol. The number of carbonyl (C=O) groups is 9. The maximum Gasteiger partial charge on any atom is 0.330 e. The Kier molecular flexibility index (Phi) is 27.2. The lowest BCUT2D eigenvalue weighted by atomic mass is 9.94. The van der Waals surface area contributed by atoms with Crippen LogP contribution in [0.5, 0.6) is 0 Å². The first-order chi connectivity index (χ1) is 28.6. The van der Waals surface area contributed by atoms with Crippen molar-refractivity contribution in [2.24, 2.45) is 5.92 Å². The highest BCUT2D eigenvalue weighted by atomic mass is 32.2. The van der Waals surface area contributed by atoms with Gasteiger partial charge >= 0.3 is 17.9 Å². The van der Waals surface area contributed by atoms with E-state index in [4.69, 9.17) is 47.3 Å². The lowest BCUT2D eigenvalue weighted by molar-refractivity contribution is -0.146. The summed E-state index contributed by atoms with van der Waals surface area (Å²) in [5, 5.41) is 12.5. The standard InChI is InChI=1S/2C12H17BN2O5.C12H17BN2O4S/c1-2-19-10(16)4-3-9(14-12(13)18)7-8-5-6-20-15-11(8)17;2*1-2-19-10(16)4-3-8(15-12(13)18)7-9-11(17)14-5-6-20-9/h3-4,8-9H,2,5-7H2,1H3,(H,14,18)(H,15,17);2*3-4,8-9H,2,5-7H2,1H3,(H,14,17)(H,15,18). The first kappa shape index (κ1) is 52.9. The van der Waals surface area contributed by atoms with Gasteiger partial charge in [0, 0.05) is 67.5 Å². The summed E-state index contributed by atoms with van der Waals surface area (Å²) in [5.74, 6) is -3.78. The number of nitrogens with one attached hydrogen (secondary N) is 6. The second-order valence-electron chi connectivity index (χ2n) is 12.5. The van der Waals surface area contributed by atoms with Gasteiger partial charge in [0.25, 0.3) is 0 Å². The highest BCUT2D eigenvalue weighted by Crippen LogP contribution is 2.20. The van der Waals surface area contributed by atoms with Crippen LogP contribution in [0, 0.1) is 5.92 Å². The zero-order chi connectivity index (χ0) is 44.9. The number of hydrogen-bond donors (Lipinski definition) is 6. The average Bonchev–Trinajstić information content (AvgIpc) is 3.18. The third-order valence-corrected chi connectivity index (χ3v) is 9.10. The Labute approximate surface area is 356 Å². The highest BCUT2D eigenvalue weighted by Gasteiger charge is 2.28. The number of hydroxylamine groups is 1. The van der Waals surface area contributed by atoms with E-state index in [-0.39, 0.29) is 55.1 Å². The first-order valence-corrected chi connectivity index (χ1v) is 20.1. The number of carbonyl (C=O) groups excluding carboxylic acids is 9. The number of rotatable bonds is 18. The number of thioether (sulfide) groups is 1.